The van der Waals surface area contributed by atoms with E-state index in [0.717, 1.165) is 31.5 Å². The molecule has 0 aliphatic carbocycles. The van der Waals surface area contributed by atoms with Crippen LogP contribution in [0.25, 0.3) is 10.9 Å². The molecule has 37 heavy (non-hydrogen) atoms. The molecule has 2 aromatic rings. The van der Waals surface area contributed by atoms with Gasteiger partial charge in [-0.05, 0) is 57.7 Å². The third-order valence-corrected chi connectivity index (χ3v) is 8.56. The Bertz CT molecular complexity index is 1250. The van der Waals surface area contributed by atoms with E-state index in [9.17, 15) is 18.0 Å². The molecule has 1 saturated heterocycles. The van der Waals surface area contributed by atoms with Crippen molar-refractivity contribution in [2.75, 3.05) is 33.7 Å². The Balaban J connectivity index is 0.00000186. The highest BCUT2D eigenvalue weighted by molar-refractivity contribution is 7.87. The lowest BCUT2D eigenvalue weighted by molar-refractivity contribution is 0.0224. The van der Waals surface area contributed by atoms with Gasteiger partial charge in [-0.1, -0.05) is 20.8 Å². The second-order valence-electron chi connectivity index (χ2n) is 10.8. The van der Waals surface area contributed by atoms with Crippen LogP contribution in [0.1, 0.15) is 76.0 Å². The van der Waals surface area contributed by atoms with Gasteiger partial charge in [0, 0.05) is 62.4 Å². The molecule has 0 bridgehead atoms. The molecule has 1 aromatic carbocycles. The van der Waals surface area contributed by atoms with Crippen LogP contribution in [-0.4, -0.2) is 77.8 Å². The van der Waals surface area contributed by atoms with Gasteiger partial charge in [-0.15, -0.1) is 0 Å². The number of fused-ring (bicyclic) bond motifs is 3. The summed E-state index contributed by atoms with van der Waals surface area (Å²) in [6.45, 7) is 13.6. The Kier molecular flexibility index (Phi) is 8.64. The van der Waals surface area contributed by atoms with E-state index in [2.05, 4.69) is 6.92 Å². The summed E-state index contributed by atoms with van der Waals surface area (Å²) in [5.41, 5.74) is 1.79. The number of ether oxygens (including phenoxy) is 1. The van der Waals surface area contributed by atoms with Crippen LogP contribution in [0.5, 0.6) is 0 Å². The molecule has 1 fully saturated rings. The van der Waals surface area contributed by atoms with E-state index < -0.39 is 21.9 Å². The predicted octanol–water partition coefficient (Wildman–Crippen LogP) is 4.49. The molecule has 0 unspecified atom stereocenters. The topological polar surface area (TPSA) is 92.2 Å². The molecule has 0 radical (unpaired) electrons. The highest BCUT2D eigenvalue weighted by atomic mass is 32.2. The molecule has 2 aliphatic heterocycles. The van der Waals surface area contributed by atoms with Crippen LogP contribution in [0, 0.1) is 5.92 Å². The number of carbonyl (C=O) groups is 2. The molecule has 0 N–H and O–H groups in total. The normalized spacial score (nSPS) is 16.9. The second-order valence-corrected chi connectivity index (χ2v) is 12.8. The average Bonchev–Trinajstić information content (AvgIpc) is 3.18. The third kappa shape index (κ3) is 5.95. The SMILES string of the molecule is CC.CC1CCN(C(=O)c2ccc3c(c2)c2c(n3S(=O)(=O)N(C)C)CCN(C(=O)OC(C)(C)C)C2)CC1. The molecule has 0 atom stereocenters. The summed E-state index contributed by atoms with van der Waals surface area (Å²) >= 11 is 0. The van der Waals surface area contributed by atoms with E-state index in [1.807, 2.05) is 39.5 Å². The summed E-state index contributed by atoms with van der Waals surface area (Å²) < 4.78 is 34.7. The summed E-state index contributed by atoms with van der Waals surface area (Å²) in [7, 11) is -0.811. The van der Waals surface area contributed by atoms with E-state index >= 15 is 0 Å². The molecule has 10 heteroatoms. The maximum atomic E-state index is 13.3. The summed E-state index contributed by atoms with van der Waals surface area (Å²) in [5.74, 6) is 0.563. The maximum absolute atomic E-state index is 13.3. The standard InChI is InChI=1S/C25H36N4O5S.C2H6/c1-17-9-12-27(13-10-17)23(30)18-7-8-21-19(15-18)20-16-28(24(31)34-25(2,3)4)14-11-22(20)29(21)35(32,33)26(5)6;1-2/h7-8,15,17H,9-14,16H2,1-6H3;1-2H3. The first kappa shape index (κ1) is 29.0. The van der Waals surface area contributed by atoms with Crippen molar-refractivity contribution in [2.24, 2.45) is 5.92 Å². The minimum atomic E-state index is -3.81. The van der Waals surface area contributed by atoms with Crippen LogP contribution >= 0.6 is 0 Å². The van der Waals surface area contributed by atoms with Gasteiger partial charge in [-0.2, -0.15) is 12.7 Å². The third-order valence-electron chi connectivity index (χ3n) is 6.76. The second kappa shape index (κ2) is 11.0. The minimum Gasteiger partial charge on any atom is -0.444 e. The molecule has 9 nitrogen and oxygen atoms in total. The van der Waals surface area contributed by atoms with Gasteiger partial charge in [0.2, 0.25) is 0 Å². The molecular weight excluding hydrogens is 492 g/mol. The van der Waals surface area contributed by atoms with Crippen molar-refractivity contribution in [3.05, 3.63) is 35.0 Å². The first-order chi connectivity index (χ1) is 17.3. The van der Waals surface area contributed by atoms with Gasteiger partial charge < -0.3 is 14.5 Å². The molecule has 0 saturated carbocycles. The van der Waals surface area contributed by atoms with E-state index in [4.69, 9.17) is 4.74 Å². The van der Waals surface area contributed by atoms with Gasteiger partial charge in [-0.3, -0.25) is 4.79 Å². The number of carbonyl (C=O) groups excluding carboxylic acids is 2. The number of rotatable bonds is 3. The smallest absolute Gasteiger partial charge is 0.410 e. The first-order valence-corrected chi connectivity index (χ1v) is 14.6. The van der Waals surface area contributed by atoms with Crippen molar-refractivity contribution in [1.29, 1.82) is 0 Å². The van der Waals surface area contributed by atoms with Gasteiger partial charge in [0.1, 0.15) is 5.60 Å². The summed E-state index contributed by atoms with van der Waals surface area (Å²) in [4.78, 5) is 29.5. The fraction of sp³-hybridized carbons (Fsp3) is 0.630. The zero-order valence-corrected chi connectivity index (χ0v) is 24.3. The lowest BCUT2D eigenvalue weighted by Crippen LogP contribution is -2.40. The Morgan fingerprint density at radius 2 is 1.65 bits per heavy atom. The summed E-state index contributed by atoms with van der Waals surface area (Å²) in [6.07, 6.45) is 1.88. The van der Waals surface area contributed by atoms with Gasteiger partial charge >= 0.3 is 16.3 Å². The monoisotopic (exact) mass is 534 g/mol. The van der Waals surface area contributed by atoms with Crippen molar-refractivity contribution in [3.8, 4) is 0 Å². The van der Waals surface area contributed by atoms with Crippen LogP contribution in [0.3, 0.4) is 0 Å². The largest absolute Gasteiger partial charge is 0.444 e. The zero-order valence-electron chi connectivity index (χ0n) is 23.5. The molecule has 2 amide bonds. The molecule has 4 rings (SSSR count). The van der Waals surface area contributed by atoms with Crippen molar-refractivity contribution < 1.29 is 22.7 Å². The molecule has 3 heterocycles. The van der Waals surface area contributed by atoms with Crippen LogP contribution in [0.15, 0.2) is 18.2 Å². The molecular formula is C27H42N4O5S. The fourth-order valence-corrected chi connectivity index (χ4v) is 5.97. The predicted molar refractivity (Wildman–Crippen MR) is 146 cm³/mol. The lowest BCUT2D eigenvalue weighted by atomic mass is 9.98. The number of piperidine rings is 1. The number of nitrogens with zero attached hydrogens (tertiary/aromatic N) is 4. The molecule has 0 spiro atoms. The van der Waals surface area contributed by atoms with Crippen molar-refractivity contribution >= 4 is 33.1 Å². The van der Waals surface area contributed by atoms with E-state index in [1.165, 1.54) is 22.4 Å². The van der Waals surface area contributed by atoms with Gasteiger partial charge in [0.25, 0.3) is 5.91 Å². The fourth-order valence-electron chi connectivity index (χ4n) is 4.75. The van der Waals surface area contributed by atoms with E-state index in [-0.39, 0.29) is 12.5 Å². The lowest BCUT2D eigenvalue weighted by Gasteiger charge is -2.31. The van der Waals surface area contributed by atoms with Crippen molar-refractivity contribution in [1.82, 2.24) is 18.1 Å². The number of likely N-dealkylation sites (tertiary alicyclic amines) is 1. The highest BCUT2D eigenvalue weighted by Crippen LogP contribution is 2.34. The zero-order chi connectivity index (χ0) is 27.7. The average molecular weight is 535 g/mol. The number of amides is 2. The quantitative estimate of drug-likeness (QED) is 0.579. The highest BCUT2D eigenvalue weighted by Gasteiger charge is 2.34. The Morgan fingerprint density at radius 1 is 1.03 bits per heavy atom. The van der Waals surface area contributed by atoms with Crippen LogP contribution in [0.4, 0.5) is 4.79 Å². The summed E-state index contributed by atoms with van der Waals surface area (Å²) in [6, 6.07) is 5.21. The maximum Gasteiger partial charge on any atom is 0.410 e. The number of hydrogen-bond donors (Lipinski definition) is 0. The van der Waals surface area contributed by atoms with Crippen LogP contribution < -0.4 is 0 Å². The van der Waals surface area contributed by atoms with Crippen LogP contribution in [-0.2, 0) is 27.9 Å². The molecule has 1 aromatic heterocycles. The van der Waals surface area contributed by atoms with Gasteiger partial charge in [-0.25, -0.2) is 8.77 Å². The number of aromatic nitrogens is 1. The Hall–Kier alpha value is -2.59. The Labute approximate surface area is 221 Å². The van der Waals surface area contributed by atoms with Gasteiger partial charge in [0.05, 0.1) is 12.1 Å². The Morgan fingerprint density at radius 3 is 2.22 bits per heavy atom. The minimum absolute atomic E-state index is 0.0458. The van der Waals surface area contributed by atoms with E-state index in [0.29, 0.717) is 41.0 Å². The molecule has 2 aliphatic rings. The first-order valence-electron chi connectivity index (χ1n) is 13.2. The van der Waals surface area contributed by atoms with Gasteiger partial charge in [0.15, 0.2) is 0 Å². The number of hydrogen-bond acceptors (Lipinski definition) is 5. The van der Waals surface area contributed by atoms with Crippen molar-refractivity contribution in [3.63, 3.8) is 0 Å². The van der Waals surface area contributed by atoms with Crippen LogP contribution in [0.2, 0.25) is 0 Å². The molecule has 206 valence electrons. The summed E-state index contributed by atoms with van der Waals surface area (Å²) in [5, 5.41) is 0.676. The van der Waals surface area contributed by atoms with E-state index in [1.54, 1.807) is 23.1 Å². The van der Waals surface area contributed by atoms with Crippen molar-refractivity contribution in [2.45, 2.75) is 73.0 Å². The number of benzene rings is 1.